The molecule has 0 spiro atoms. The molecule has 16 heavy (non-hydrogen) atoms. The van der Waals surface area contributed by atoms with E-state index in [9.17, 15) is 4.79 Å². The number of thiophene rings is 1. The second-order valence-electron chi connectivity index (χ2n) is 3.25. The Labute approximate surface area is 101 Å². The zero-order valence-corrected chi connectivity index (χ0v) is 9.97. The second kappa shape index (κ2) is 4.19. The summed E-state index contributed by atoms with van der Waals surface area (Å²) in [6.45, 7) is 1.78. The first-order valence-electron chi connectivity index (χ1n) is 4.50. The smallest absolute Gasteiger partial charge is 0.346 e. The number of hydrogen-bond acceptors (Lipinski definition) is 4. The third-order valence-corrected chi connectivity index (χ3v) is 3.51. The number of aromatic carboxylic acids is 1. The minimum atomic E-state index is -0.900. The molecule has 1 aromatic rings. The molecule has 4 nitrogen and oxygen atoms in total. The molecule has 2 N–H and O–H groups in total. The highest BCUT2D eigenvalue weighted by Crippen LogP contribution is 2.31. The fraction of sp³-hybridized carbons (Fsp3) is 0.100. The van der Waals surface area contributed by atoms with E-state index < -0.39 is 5.97 Å². The largest absolute Gasteiger partial charge is 0.477 e. The number of carbonyl (C=O) groups is 1. The summed E-state index contributed by atoms with van der Waals surface area (Å²) in [4.78, 5) is 13.0. The third kappa shape index (κ3) is 2.05. The number of hydrogen-bond donors (Lipinski definition) is 2. The van der Waals surface area contributed by atoms with E-state index in [-0.39, 0.29) is 0 Å². The van der Waals surface area contributed by atoms with E-state index in [4.69, 9.17) is 16.7 Å². The maximum Gasteiger partial charge on any atom is 0.346 e. The molecule has 0 saturated carbocycles. The molecule has 0 radical (unpaired) electrons. The number of nitrogens with zero attached hydrogens (tertiary/aromatic N) is 1. The summed E-state index contributed by atoms with van der Waals surface area (Å²) in [7, 11) is 0. The maximum absolute atomic E-state index is 10.9. The van der Waals surface area contributed by atoms with Crippen molar-refractivity contribution in [2.75, 3.05) is 4.90 Å². The van der Waals surface area contributed by atoms with E-state index in [1.165, 1.54) is 11.3 Å². The van der Waals surface area contributed by atoms with Crippen LogP contribution in [-0.2, 0) is 0 Å². The molecule has 0 saturated heterocycles. The number of aryl methyl sites for hydroxylation is 1. The average Bonchev–Trinajstić information content (AvgIpc) is 2.60. The van der Waals surface area contributed by atoms with Crippen LogP contribution in [0.5, 0.6) is 0 Å². The highest BCUT2D eigenvalue weighted by atomic mass is 35.5. The Morgan fingerprint density at radius 3 is 2.94 bits per heavy atom. The molecule has 1 aliphatic heterocycles. The van der Waals surface area contributed by atoms with Crippen LogP contribution in [0.2, 0.25) is 0 Å². The van der Waals surface area contributed by atoms with E-state index in [1.54, 1.807) is 30.4 Å². The monoisotopic (exact) mass is 256 g/mol. The van der Waals surface area contributed by atoms with Crippen molar-refractivity contribution in [3.05, 3.63) is 40.3 Å². The van der Waals surface area contributed by atoms with Crippen LogP contribution in [0.15, 0.2) is 29.8 Å². The highest BCUT2D eigenvalue weighted by molar-refractivity contribution is 7.18. The van der Waals surface area contributed by atoms with Crippen LogP contribution in [0, 0.1) is 6.92 Å². The molecule has 0 aromatic carbocycles. The maximum atomic E-state index is 10.9. The van der Waals surface area contributed by atoms with Gasteiger partial charge in [0.1, 0.15) is 15.0 Å². The van der Waals surface area contributed by atoms with E-state index >= 15 is 0 Å². The normalized spacial score (nSPS) is 14.6. The minimum Gasteiger partial charge on any atom is -0.477 e. The average molecular weight is 257 g/mol. The summed E-state index contributed by atoms with van der Waals surface area (Å²) >= 11 is 7.04. The standard InChI is InChI=1S/C10H9ClN2O2S/c1-6-4-8(16-9(6)10(14)15)13-3-2-12-7(11)5-13/h2-5,12H,1H3,(H,14,15). The summed E-state index contributed by atoms with van der Waals surface area (Å²) in [5.74, 6) is -0.900. The van der Waals surface area contributed by atoms with Crippen LogP contribution >= 0.6 is 22.9 Å². The number of nitrogens with one attached hydrogen (secondary N) is 1. The van der Waals surface area contributed by atoms with Crippen molar-refractivity contribution < 1.29 is 9.90 Å². The second-order valence-corrected chi connectivity index (χ2v) is 4.68. The lowest BCUT2D eigenvalue weighted by Gasteiger charge is -2.17. The molecule has 2 heterocycles. The fourth-order valence-corrected chi connectivity index (χ4v) is 2.48. The molecule has 0 fully saturated rings. The van der Waals surface area contributed by atoms with Gasteiger partial charge in [0.25, 0.3) is 0 Å². The molecule has 0 aliphatic carbocycles. The van der Waals surface area contributed by atoms with Gasteiger partial charge < -0.3 is 15.3 Å². The zero-order chi connectivity index (χ0) is 11.7. The molecule has 0 amide bonds. The van der Waals surface area contributed by atoms with E-state index in [1.807, 2.05) is 6.07 Å². The SMILES string of the molecule is Cc1cc(N2C=CNC(Cl)=C2)sc1C(=O)O. The summed E-state index contributed by atoms with van der Waals surface area (Å²) < 4.78 is 0. The first kappa shape index (κ1) is 11.0. The molecule has 1 aromatic heterocycles. The lowest BCUT2D eigenvalue weighted by molar-refractivity contribution is 0.0701. The highest BCUT2D eigenvalue weighted by Gasteiger charge is 2.15. The Hall–Kier alpha value is -1.46. The molecule has 6 heteroatoms. The molecule has 0 unspecified atom stereocenters. The summed E-state index contributed by atoms with van der Waals surface area (Å²) in [5.41, 5.74) is 0.754. The van der Waals surface area contributed by atoms with Crippen LogP contribution < -0.4 is 10.2 Å². The Bertz CT molecular complexity index is 493. The van der Waals surface area contributed by atoms with Crippen LogP contribution in [-0.4, -0.2) is 11.1 Å². The van der Waals surface area contributed by atoms with Gasteiger partial charge in [0.15, 0.2) is 0 Å². The number of anilines is 1. The fourth-order valence-electron chi connectivity index (χ4n) is 1.34. The molecule has 0 bridgehead atoms. The molecule has 84 valence electrons. The summed E-state index contributed by atoms with van der Waals surface area (Å²) in [6.07, 6.45) is 5.17. The van der Waals surface area contributed by atoms with Crippen molar-refractivity contribution in [3.63, 3.8) is 0 Å². The van der Waals surface area contributed by atoms with Crippen molar-refractivity contribution in [1.29, 1.82) is 0 Å². The van der Waals surface area contributed by atoms with Crippen LogP contribution in [0.4, 0.5) is 5.00 Å². The van der Waals surface area contributed by atoms with Crippen molar-refractivity contribution in [3.8, 4) is 0 Å². The van der Waals surface area contributed by atoms with Gasteiger partial charge in [-0.2, -0.15) is 0 Å². The molecule has 2 rings (SSSR count). The van der Waals surface area contributed by atoms with Crippen molar-refractivity contribution in [2.45, 2.75) is 6.92 Å². The quantitative estimate of drug-likeness (QED) is 0.799. The lowest BCUT2D eigenvalue weighted by Crippen LogP contribution is -2.16. The van der Waals surface area contributed by atoms with Gasteiger partial charge in [-0.3, -0.25) is 0 Å². The summed E-state index contributed by atoms with van der Waals surface area (Å²) in [5, 5.41) is 13.1. The van der Waals surface area contributed by atoms with Gasteiger partial charge in [0.2, 0.25) is 0 Å². The van der Waals surface area contributed by atoms with Gasteiger partial charge in [-0.15, -0.1) is 11.3 Å². The third-order valence-electron chi connectivity index (χ3n) is 2.06. The number of rotatable bonds is 2. The summed E-state index contributed by atoms with van der Waals surface area (Å²) in [6, 6.07) is 1.82. The van der Waals surface area contributed by atoms with Gasteiger partial charge in [0, 0.05) is 18.6 Å². The van der Waals surface area contributed by atoms with E-state index in [0.717, 1.165) is 10.6 Å². The lowest BCUT2D eigenvalue weighted by atomic mass is 10.3. The zero-order valence-electron chi connectivity index (χ0n) is 8.40. The van der Waals surface area contributed by atoms with Crippen molar-refractivity contribution in [1.82, 2.24) is 5.32 Å². The number of carboxylic acid groups (broad SMARTS) is 1. The van der Waals surface area contributed by atoms with E-state index in [0.29, 0.717) is 10.0 Å². The Morgan fingerprint density at radius 2 is 2.38 bits per heavy atom. The van der Waals surface area contributed by atoms with Crippen LogP contribution in [0.1, 0.15) is 15.2 Å². The van der Waals surface area contributed by atoms with Gasteiger partial charge in [-0.25, -0.2) is 4.79 Å². The van der Waals surface area contributed by atoms with Gasteiger partial charge in [0.05, 0.1) is 0 Å². The van der Waals surface area contributed by atoms with Crippen molar-refractivity contribution in [2.24, 2.45) is 0 Å². The topological polar surface area (TPSA) is 52.6 Å². The Morgan fingerprint density at radius 1 is 1.62 bits per heavy atom. The Balaban J connectivity index is 2.34. The molecular formula is C10H9ClN2O2S. The minimum absolute atomic E-state index is 0.353. The van der Waals surface area contributed by atoms with Crippen LogP contribution in [0.3, 0.4) is 0 Å². The predicted octanol–water partition coefficient (Wildman–Crippen LogP) is 2.67. The van der Waals surface area contributed by atoms with Gasteiger partial charge in [-0.05, 0) is 18.6 Å². The predicted molar refractivity (Wildman–Crippen MR) is 64.7 cm³/mol. The Kier molecular flexibility index (Phi) is 2.89. The first-order valence-corrected chi connectivity index (χ1v) is 5.70. The first-order chi connectivity index (χ1) is 7.58. The van der Waals surface area contributed by atoms with Gasteiger partial charge in [-0.1, -0.05) is 11.6 Å². The van der Waals surface area contributed by atoms with Crippen molar-refractivity contribution >= 4 is 33.9 Å². The van der Waals surface area contributed by atoms with E-state index in [2.05, 4.69) is 5.32 Å². The van der Waals surface area contributed by atoms with Crippen LogP contribution in [0.25, 0.3) is 0 Å². The number of carboxylic acids is 1. The molecule has 1 aliphatic rings. The van der Waals surface area contributed by atoms with Gasteiger partial charge >= 0.3 is 5.97 Å². The molecular weight excluding hydrogens is 248 g/mol. The number of halogens is 1. The molecule has 0 atom stereocenters.